The van der Waals surface area contributed by atoms with Crippen LogP contribution in [0, 0.1) is 0 Å². The Bertz CT molecular complexity index is 1260. The van der Waals surface area contributed by atoms with Crippen LogP contribution in [0.15, 0.2) is 73.9 Å². The van der Waals surface area contributed by atoms with E-state index in [9.17, 15) is 0 Å². The zero-order valence-electron chi connectivity index (χ0n) is 14.0. The molecule has 4 nitrogen and oxygen atoms in total. The fraction of sp³-hybridized carbons (Fsp3) is 0. The molecule has 138 valence electrons. The summed E-state index contributed by atoms with van der Waals surface area (Å²) < 4.78 is 5.03. The molecule has 0 saturated heterocycles. The lowest BCUT2D eigenvalue weighted by Gasteiger charge is -2.08. The van der Waals surface area contributed by atoms with E-state index in [2.05, 4.69) is 36.8 Å². The average Bonchev–Trinajstić information content (AvgIpc) is 3.42. The van der Waals surface area contributed by atoms with Crippen molar-refractivity contribution in [3.05, 3.63) is 69.5 Å². The number of thiazole rings is 1. The molecule has 0 bridgehead atoms. The van der Waals surface area contributed by atoms with Crippen molar-refractivity contribution in [2.24, 2.45) is 0 Å². The van der Waals surface area contributed by atoms with Crippen LogP contribution in [0.5, 0.6) is 0 Å². The predicted molar refractivity (Wildman–Crippen MR) is 121 cm³/mol. The lowest BCUT2D eigenvalue weighted by molar-refractivity contribution is 0.886. The Morgan fingerprint density at radius 2 is 1.86 bits per heavy atom. The van der Waals surface area contributed by atoms with Crippen LogP contribution in [0.1, 0.15) is 0 Å². The van der Waals surface area contributed by atoms with Crippen molar-refractivity contribution < 1.29 is 0 Å². The first-order chi connectivity index (χ1) is 13.7. The quantitative estimate of drug-likeness (QED) is 0.260. The summed E-state index contributed by atoms with van der Waals surface area (Å²) in [4.78, 5) is 5.76. The highest BCUT2D eigenvalue weighted by atomic mass is 79.9. The number of aromatic nitrogens is 4. The Kier molecular flexibility index (Phi) is 4.98. The highest BCUT2D eigenvalue weighted by molar-refractivity contribution is 9.10. The maximum absolute atomic E-state index is 6.29. The third-order valence-corrected chi connectivity index (χ3v) is 7.72. The third-order valence-electron chi connectivity index (χ3n) is 3.99. The van der Waals surface area contributed by atoms with Crippen molar-refractivity contribution in [1.82, 2.24) is 19.7 Å². The highest BCUT2D eigenvalue weighted by Gasteiger charge is 2.19. The monoisotopic (exact) mass is 504 g/mol. The molecule has 0 amide bonds. The normalized spacial score (nSPS) is 11.4. The van der Waals surface area contributed by atoms with Crippen molar-refractivity contribution in [1.29, 1.82) is 0 Å². The predicted octanol–water partition coefficient (Wildman–Crippen LogP) is 7.17. The number of halogens is 2. The SMILES string of the molecule is Clc1cccc2sc(Sc3nnc(-c4cccs4)n3-c3ccc(Br)cc3)nc12. The summed E-state index contributed by atoms with van der Waals surface area (Å²) in [5.74, 6) is 0.818. The van der Waals surface area contributed by atoms with Gasteiger partial charge in [-0.3, -0.25) is 4.57 Å². The number of hydrogen-bond donors (Lipinski definition) is 0. The number of para-hydroxylation sites is 1. The van der Waals surface area contributed by atoms with Crippen LogP contribution in [0.25, 0.3) is 26.6 Å². The molecule has 0 N–H and O–H groups in total. The van der Waals surface area contributed by atoms with Crippen LogP contribution >= 0.6 is 62.0 Å². The summed E-state index contributed by atoms with van der Waals surface area (Å²) in [6.45, 7) is 0. The average molecular weight is 506 g/mol. The Hall–Kier alpha value is -1.71. The van der Waals surface area contributed by atoms with Gasteiger partial charge >= 0.3 is 0 Å². The summed E-state index contributed by atoms with van der Waals surface area (Å²) in [7, 11) is 0. The van der Waals surface area contributed by atoms with E-state index in [1.807, 2.05) is 53.9 Å². The summed E-state index contributed by atoms with van der Waals surface area (Å²) in [5, 5.41) is 12.4. The second-order valence-corrected chi connectivity index (χ2v) is 10.3. The minimum Gasteiger partial charge on any atom is -0.269 e. The molecule has 2 aromatic carbocycles. The van der Waals surface area contributed by atoms with Gasteiger partial charge in [0.15, 0.2) is 10.2 Å². The molecule has 0 saturated carbocycles. The van der Waals surface area contributed by atoms with Gasteiger partial charge in [-0.25, -0.2) is 4.98 Å². The number of rotatable bonds is 4. The molecule has 0 aliphatic rings. The van der Waals surface area contributed by atoms with Gasteiger partial charge in [0.25, 0.3) is 0 Å². The molecule has 5 aromatic rings. The van der Waals surface area contributed by atoms with Gasteiger partial charge in [-0.2, -0.15) is 0 Å². The van der Waals surface area contributed by atoms with Crippen LogP contribution in [-0.4, -0.2) is 19.7 Å². The molecule has 9 heteroatoms. The second kappa shape index (κ2) is 7.61. The zero-order chi connectivity index (χ0) is 19.1. The Labute approximate surface area is 186 Å². The number of fused-ring (bicyclic) bond motifs is 1. The van der Waals surface area contributed by atoms with Crippen LogP contribution in [-0.2, 0) is 0 Å². The van der Waals surface area contributed by atoms with Gasteiger partial charge in [-0.15, -0.1) is 32.9 Å². The number of benzene rings is 2. The molecule has 5 rings (SSSR count). The van der Waals surface area contributed by atoms with E-state index in [0.717, 1.165) is 40.6 Å². The smallest absolute Gasteiger partial charge is 0.203 e. The fourth-order valence-electron chi connectivity index (χ4n) is 2.74. The van der Waals surface area contributed by atoms with E-state index >= 15 is 0 Å². The van der Waals surface area contributed by atoms with E-state index in [-0.39, 0.29) is 0 Å². The number of thiophene rings is 1. The van der Waals surface area contributed by atoms with E-state index in [1.165, 1.54) is 11.8 Å². The van der Waals surface area contributed by atoms with Gasteiger partial charge in [0, 0.05) is 10.2 Å². The summed E-state index contributed by atoms with van der Waals surface area (Å²) in [5.41, 5.74) is 1.82. The van der Waals surface area contributed by atoms with E-state index < -0.39 is 0 Å². The molecule has 28 heavy (non-hydrogen) atoms. The standard InChI is InChI=1S/C19H10BrClN4S3/c20-11-6-8-12(9-7-11)25-17(15-5-2-10-26-15)23-24-18(25)28-19-22-16-13(21)3-1-4-14(16)27-19/h1-10H. The fourth-order valence-corrected chi connectivity index (χ4v) is 6.02. The van der Waals surface area contributed by atoms with Crippen molar-refractivity contribution in [2.75, 3.05) is 0 Å². The van der Waals surface area contributed by atoms with E-state index in [1.54, 1.807) is 22.7 Å². The van der Waals surface area contributed by atoms with Crippen molar-refractivity contribution in [3.63, 3.8) is 0 Å². The van der Waals surface area contributed by atoms with Gasteiger partial charge in [0.05, 0.1) is 14.6 Å². The first kappa shape index (κ1) is 18.3. The molecular weight excluding hydrogens is 496 g/mol. The van der Waals surface area contributed by atoms with Gasteiger partial charge in [0.1, 0.15) is 5.52 Å². The minimum absolute atomic E-state index is 0.661. The van der Waals surface area contributed by atoms with Crippen molar-refractivity contribution >= 4 is 72.2 Å². The minimum atomic E-state index is 0.661. The second-order valence-electron chi connectivity index (χ2n) is 5.76. The maximum atomic E-state index is 6.29. The molecule has 3 heterocycles. The summed E-state index contributed by atoms with van der Waals surface area (Å²) in [6.07, 6.45) is 0. The molecule has 0 spiro atoms. The van der Waals surface area contributed by atoms with Gasteiger partial charge in [-0.1, -0.05) is 39.7 Å². The van der Waals surface area contributed by atoms with Crippen LogP contribution in [0.3, 0.4) is 0 Å². The van der Waals surface area contributed by atoms with Crippen LogP contribution < -0.4 is 0 Å². The molecule has 3 aromatic heterocycles. The summed E-state index contributed by atoms with van der Waals surface area (Å²) in [6, 6.07) is 18.0. The number of nitrogens with zero attached hydrogens (tertiary/aromatic N) is 4. The first-order valence-corrected chi connectivity index (χ1v) is 11.9. The van der Waals surface area contributed by atoms with Gasteiger partial charge < -0.3 is 0 Å². The first-order valence-electron chi connectivity index (χ1n) is 8.17. The maximum Gasteiger partial charge on any atom is 0.203 e. The lowest BCUT2D eigenvalue weighted by Crippen LogP contribution is -1.98. The lowest BCUT2D eigenvalue weighted by atomic mass is 10.3. The van der Waals surface area contributed by atoms with E-state index in [4.69, 9.17) is 16.6 Å². The summed E-state index contributed by atoms with van der Waals surface area (Å²) >= 11 is 14.5. The molecule has 0 fully saturated rings. The van der Waals surface area contributed by atoms with Crippen molar-refractivity contribution in [3.8, 4) is 16.4 Å². The van der Waals surface area contributed by atoms with Gasteiger partial charge in [0.2, 0.25) is 5.16 Å². The molecular formula is C19H10BrClN4S3. The van der Waals surface area contributed by atoms with Gasteiger partial charge in [-0.05, 0) is 59.6 Å². The van der Waals surface area contributed by atoms with Crippen LogP contribution in [0.2, 0.25) is 5.02 Å². The molecule has 0 aliphatic heterocycles. The van der Waals surface area contributed by atoms with Crippen LogP contribution in [0.4, 0.5) is 0 Å². The Morgan fingerprint density at radius 3 is 2.61 bits per heavy atom. The topological polar surface area (TPSA) is 43.6 Å². The van der Waals surface area contributed by atoms with E-state index in [0.29, 0.717) is 5.02 Å². The highest BCUT2D eigenvalue weighted by Crippen LogP contribution is 2.38. The molecule has 0 aliphatic carbocycles. The van der Waals surface area contributed by atoms with Crippen molar-refractivity contribution in [2.45, 2.75) is 9.50 Å². The molecule has 0 unspecified atom stereocenters. The molecule has 0 radical (unpaired) electrons. The third kappa shape index (κ3) is 3.40. The Morgan fingerprint density at radius 1 is 1.00 bits per heavy atom. The largest absolute Gasteiger partial charge is 0.269 e. The molecule has 0 atom stereocenters. The number of hydrogen-bond acceptors (Lipinski definition) is 6. The zero-order valence-corrected chi connectivity index (χ0v) is 18.8. The Balaban J connectivity index is 1.62.